The number of hydrogen-bond donors (Lipinski definition) is 1. The third-order valence-corrected chi connectivity index (χ3v) is 3.90. The van der Waals surface area contributed by atoms with Crippen LogP contribution in [0.5, 0.6) is 11.6 Å². The first kappa shape index (κ1) is 16.6. The summed E-state index contributed by atoms with van der Waals surface area (Å²) in [5.41, 5.74) is 6.65. The molecular weight excluding hydrogens is 347 g/mol. The lowest BCUT2D eigenvalue weighted by Crippen LogP contribution is -2.12. The van der Waals surface area contributed by atoms with Crippen LogP contribution in [0.1, 0.15) is 10.4 Å². The van der Waals surface area contributed by atoms with Crippen molar-refractivity contribution in [2.45, 2.75) is 0 Å². The number of aromatic nitrogens is 3. The number of ether oxygens (including phenoxy) is 1. The maximum atomic E-state index is 13.7. The van der Waals surface area contributed by atoms with E-state index in [4.69, 9.17) is 10.5 Å². The lowest BCUT2D eigenvalue weighted by molar-refractivity contribution is 0.0998. The van der Waals surface area contributed by atoms with Gasteiger partial charge in [0.25, 0.3) is 5.91 Å². The van der Waals surface area contributed by atoms with Gasteiger partial charge >= 0.3 is 0 Å². The van der Waals surface area contributed by atoms with Gasteiger partial charge in [-0.15, -0.1) is 0 Å². The second kappa shape index (κ2) is 6.80. The summed E-state index contributed by atoms with van der Waals surface area (Å²) in [5, 5.41) is 0.503. The van der Waals surface area contributed by atoms with Crippen molar-refractivity contribution < 1.29 is 13.9 Å². The van der Waals surface area contributed by atoms with Gasteiger partial charge in [0.15, 0.2) is 5.82 Å². The van der Waals surface area contributed by atoms with Crippen molar-refractivity contribution in [3.8, 4) is 23.0 Å². The number of para-hydroxylation sites is 1. The van der Waals surface area contributed by atoms with E-state index in [1.54, 1.807) is 48.8 Å². The Balaban J connectivity index is 1.90. The van der Waals surface area contributed by atoms with Gasteiger partial charge in [-0.3, -0.25) is 9.78 Å². The Morgan fingerprint density at radius 2 is 1.89 bits per heavy atom. The quantitative estimate of drug-likeness (QED) is 0.599. The van der Waals surface area contributed by atoms with E-state index in [1.165, 1.54) is 18.2 Å². The summed E-state index contributed by atoms with van der Waals surface area (Å²) < 4.78 is 19.6. The van der Waals surface area contributed by atoms with Gasteiger partial charge in [0.1, 0.15) is 11.6 Å². The molecule has 2 aromatic heterocycles. The Labute approximate surface area is 153 Å². The maximum absolute atomic E-state index is 13.7. The van der Waals surface area contributed by atoms with Crippen LogP contribution in [0, 0.1) is 5.82 Å². The van der Waals surface area contributed by atoms with Gasteiger partial charge in [-0.25, -0.2) is 9.37 Å². The van der Waals surface area contributed by atoms with E-state index in [-0.39, 0.29) is 17.2 Å². The molecule has 7 heteroatoms. The van der Waals surface area contributed by atoms with E-state index in [2.05, 4.69) is 15.0 Å². The first-order chi connectivity index (χ1) is 13.1. The first-order valence-electron chi connectivity index (χ1n) is 8.06. The summed E-state index contributed by atoms with van der Waals surface area (Å²) in [5.74, 6) is -0.281. The van der Waals surface area contributed by atoms with E-state index < -0.39 is 11.7 Å². The fourth-order valence-corrected chi connectivity index (χ4v) is 2.64. The van der Waals surface area contributed by atoms with Gasteiger partial charge < -0.3 is 10.5 Å². The molecule has 0 fully saturated rings. The molecule has 0 unspecified atom stereocenters. The Kier molecular flexibility index (Phi) is 4.18. The second-order valence-corrected chi connectivity index (χ2v) is 5.72. The standard InChI is InChI=1S/C20H13FN4O2/c21-13-7-8-14-16(10-13)24-19(12-4-3-9-23-11-12)25-20(14)27-17-6-2-1-5-15(17)18(22)26/h1-11H,(H2,22,26). The van der Waals surface area contributed by atoms with Gasteiger partial charge in [-0.05, 0) is 36.4 Å². The summed E-state index contributed by atoms with van der Waals surface area (Å²) in [6.45, 7) is 0. The number of pyridine rings is 1. The average Bonchev–Trinajstić information content (AvgIpc) is 2.68. The van der Waals surface area contributed by atoms with Crippen LogP contribution in [0.4, 0.5) is 4.39 Å². The zero-order valence-electron chi connectivity index (χ0n) is 14.0. The van der Waals surface area contributed by atoms with Crippen molar-refractivity contribution in [2.24, 2.45) is 5.73 Å². The minimum Gasteiger partial charge on any atom is -0.437 e. The maximum Gasteiger partial charge on any atom is 0.252 e. The lowest BCUT2D eigenvalue weighted by Gasteiger charge is -2.12. The van der Waals surface area contributed by atoms with Crippen LogP contribution in [0.3, 0.4) is 0 Å². The number of rotatable bonds is 4. The molecule has 2 aromatic carbocycles. The Morgan fingerprint density at radius 1 is 1.04 bits per heavy atom. The third-order valence-electron chi connectivity index (χ3n) is 3.90. The van der Waals surface area contributed by atoms with Gasteiger partial charge in [0, 0.05) is 24.0 Å². The Hall–Kier alpha value is -3.87. The smallest absolute Gasteiger partial charge is 0.252 e. The van der Waals surface area contributed by atoms with E-state index in [0.29, 0.717) is 22.3 Å². The van der Waals surface area contributed by atoms with Crippen molar-refractivity contribution in [2.75, 3.05) is 0 Å². The van der Waals surface area contributed by atoms with Gasteiger partial charge in [0.05, 0.1) is 16.5 Å². The molecule has 27 heavy (non-hydrogen) atoms. The number of carbonyl (C=O) groups is 1. The van der Waals surface area contributed by atoms with E-state index in [1.807, 2.05) is 0 Å². The molecule has 0 aliphatic rings. The largest absolute Gasteiger partial charge is 0.437 e. The van der Waals surface area contributed by atoms with Crippen LogP contribution in [0.25, 0.3) is 22.3 Å². The van der Waals surface area contributed by atoms with Crippen LogP contribution in [0.2, 0.25) is 0 Å². The molecule has 4 aromatic rings. The molecule has 0 aliphatic heterocycles. The highest BCUT2D eigenvalue weighted by atomic mass is 19.1. The zero-order chi connectivity index (χ0) is 18.8. The fraction of sp³-hybridized carbons (Fsp3) is 0. The average molecular weight is 360 g/mol. The molecule has 2 N–H and O–H groups in total. The molecule has 0 bridgehead atoms. The van der Waals surface area contributed by atoms with E-state index >= 15 is 0 Å². The number of carbonyl (C=O) groups excluding carboxylic acids is 1. The molecule has 0 aliphatic carbocycles. The molecule has 0 atom stereocenters. The molecule has 0 spiro atoms. The number of fused-ring (bicyclic) bond motifs is 1. The molecular formula is C20H13FN4O2. The Morgan fingerprint density at radius 3 is 2.67 bits per heavy atom. The van der Waals surface area contributed by atoms with Gasteiger partial charge in [-0.2, -0.15) is 4.98 Å². The molecule has 0 radical (unpaired) electrons. The molecule has 4 rings (SSSR count). The molecule has 0 saturated heterocycles. The first-order valence-corrected chi connectivity index (χ1v) is 8.06. The summed E-state index contributed by atoms with van der Waals surface area (Å²) in [7, 11) is 0. The van der Waals surface area contributed by atoms with Crippen molar-refractivity contribution in [1.29, 1.82) is 0 Å². The number of halogens is 1. The predicted molar refractivity (Wildman–Crippen MR) is 97.8 cm³/mol. The number of benzene rings is 2. The summed E-state index contributed by atoms with van der Waals surface area (Å²) in [6.07, 6.45) is 3.23. The Bertz CT molecular complexity index is 1150. The predicted octanol–water partition coefficient (Wildman–Crippen LogP) is 3.72. The fourth-order valence-electron chi connectivity index (χ4n) is 2.64. The molecule has 0 saturated carbocycles. The van der Waals surface area contributed by atoms with Crippen molar-refractivity contribution in [1.82, 2.24) is 15.0 Å². The summed E-state index contributed by atoms with van der Waals surface area (Å²) in [4.78, 5) is 24.6. The van der Waals surface area contributed by atoms with Crippen molar-refractivity contribution in [3.05, 3.63) is 78.4 Å². The number of nitrogens with two attached hydrogens (primary N) is 1. The van der Waals surface area contributed by atoms with Crippen molar-refractivity contribution >= 4 is 16.8 Å². The van der Waals surface area contributed by atoms with Crippen LogP contribution in [-0.2, 0) is 0 Å². The van der Waals surface area contributed by atoms with E-state index in [0.717, 1.165) is 0 Å². The van der Waals surface area contributed by atoms with Crippen LogP contribution in [0.15, 0.2) is 67.0 Å². The van der Waals surface area contributed by atoms with E-state index in [9.17, 15) is 9.18 Å². The normalized spacial score (nSPS) is 10.7. The summed E-state index contributed by atoms with van der Waals surface area (Å²) in [6, 6.07) is 14.2. The minimum absolute atomic E-state index is 0.188. The highest BCUT2D eigenvalue weighted by Crippen LogP contribution is 2.31. The number of primary amides is 1. The van der Waals surface area contributed by atoms with Crippen LogP contribution < -0.4 is 10.5 Å². The van der Waals surface area contributed by atoms with Crippen molar-refractivity contribution in [3.63, 3.8) is 0 Å². The third kappa shape index (κ3) is 3.30. The van der Waals surface area contributed by atoms with Crippen LogP contribution in [-0.4, -0.2) is 20.9 Å². The highest BCUT2D eigenvalue weighted by molar-refractivity contribution is 5.96. The van der Waals surface area contributed by atoms with Gasteiger partial charge in [0.2, 0.25) is 5.88 Å². The number of hydrogen-bond acceptors (Lipinski definition) is 5. The minimum atomic E-state index is -0.623. The summed E-state index contributed by atoms with van der Waals surface area (Å²) >= 11 is 0. The monoisotopic (exact) mass is 360 g/mol. The molecule has 1 amide bonds. The molecule has 132 valence electrons. The van der Waals surface area contributed by atoms with Crippen LogP contribution >= 0.6 is 0 Å². The molecule has 6 nitrogen and oxygen atoms in total. The lowest BCUT2D eigenvalue weighted by atomic mass is 10.2. The second-order valence-electron chi connectivity index (χ2n) is 5.72. The molecule has 2 heterocycles. The highest BCUT2D eigenvalue weighted by Gasteiger charge is 2.15. The zero-order valence-corrected chi connectivity index (χ0v) is 14.0. The number of amides is 1. The number of nitrogens with zero attached hydrogens (tertiary/aromatic N) is 3. The SMILES string of the molecule is NC(=O)c1ccccc1Oc1nc(-c2cccnc2)nc2cc(F)ccc12. The topological polar surface area (TPSA) is 91.0 Å². The van der Waals surface area contributed by atoms with Gasteiger partial charge in [-0.1, -0.05) is 12.1 Å².